The van der Waals surface area contributed by atoms with Gasteiger partial charge in [0.2, 0.25) is 5.91 Å². The molecule has 2 fully saturated rings. The summed E-state index contributed by atoms with van der Waals surface area (Å²) in [7, 11) is 2.30. The Labute approximate surface area is 209 Å². The van der Waals surface area contributed by atoms with Crippen molar-refractivity contribution in [3.8, 4) is 5.75 Å². The molecule has 0 radical (unpaired) electrons. The summed E-state index contributed by atoms with van der Waals surface area (Å²) in [6, 6.07) is 15.3. The Balaban J connectivity index is 1.17. The molecular formula is C30H39N3O2. The second kappa shape index (κ2) is 8.94. The van der Waals surface area contributed by atoms with Gasteiger partial charge in [0.15, 0.2) is 0 Å². The van der Waals surface area contributed by atoms with Crippen molar-refractivity contribution in [2.24, 2.45) is 5.92 Å². The van der Waals surface area contributed by atoms with Gasteiger partial charge in [-0.1, -0.05) is 31.2 Å². The zero-order chi connectivity index (χ0) is 24.2. The number of hydrogen-bond donors (Lipinski definition) is 1. The lowest BCUT2D eigenvalue weighted by atomic mass is 9.59. The molecule has 2 aromatic rings. The lowest BCUT2D eigenvalue weighted by molar-refractivity contribution is -0.118. The molecular weight excluding hydrogens is 434 g/mol. The molecule has 186 valence electrons. The van der Waals surface area contributed by atoms with Crippen molar-refractivity contribution in [3.05, 3.63) is 59.2 Å². The van der Waals surface area contributed by atoms with E-state index in [-0.39, 0.29) is 11.3 Å². The molecule has 1 aliphatic carbocycles. The summed E-state index contributed by atoms with van der Waals surface area (Å²) in [6.07, 6.45) is 7.29. The van der Waals surface area contributed by atoms with E-state index < -0.39 is 0 Å². The number of phenols is 1. The maximum Gasteiger partial charge on any atom is 0.231 e. The van der Waals surface area contributed by atoms with E-state index in [1.54, 1.807) is 0 Å². The lowest BCUT2D eigenvalue weighted by Gasteiger charge is -2.49. The van der Waals surface area contributed by atoms with E-state index in [2.05, 4.69) is 59.0 Å². The first-order valence-electron chi connectivity index (χ1n) is 13.6. The number of nitrogens with zero attached hydrogens (tertiary/aromatic N) is 3. The summed E-state index contributed by atoms with van der Waals surface area (Å²) >= 11 is 0. The van der Waals surface area contributed by atoms with Crippen LogP contribution < -0.4 is 4.90 Å². The van der Waals surface area contributed by atoms with Crippen molar-refractivity contribution >= 4 is 11.6 Å². The molecule has 5 nitrogen and oxygen atoms in total. The molecule has 2 aromatic carbocycles. The second-order valence-electron chi connectivity index (χ2n) is 11.5. The molecule has 3 atom stereocenters. The molecule has 0 spiro atoms. The number of rotatable bonds is 4. The normalized spacial score (nSPS) is 29.7. The number of carbonyl (C=O) groups is 1. The van der Waals surface area contributed by atoms with Gasteiger partial charge in [-0.05, 0) is 99.5 Å². The maximum absolute atomic E-state index is 12.8. The van der Waals surface area contributed by atoms with Crippen molar-refractivity contribution in [2.45, 2.75) is 69.4 Å². The minimum absolute atomic E-state index is 0.127. The third-order valence-electron chi connectivity index (χ3n) is 9.87. The first-order chi connectivity index (χ1) is 17.0. The fourth-order valence-corrected chi connectivity index (χ4v) is 7.86. The van der Waals surface area contributed by atoms with Crippen LogP contribution in [0.1, 0.15) is 55.7 Å². The number of phenolic OH excluding ortho intramolecular Hbond substituents is 1. The number of carbonyl (C=O) groups excluding carboxylic acids is 1. The van der Waals surface area contributed by atoms with Gasteiger partial charge in [-0.2, -0.15) is 0 Å². The van der Waals surface area contributed by atoms with Gasteiger partial charge < -0.3 is 19.8 Å². The fourth-order valence-electron chi connectivity index (χ4n) is 7.86. The Hall–Kier alpha value is -2.37. The van der Waals surface area contributed by atoms with Crippen molar-refractivity contribution in [3.63, 3.8) is 0 Å². The molecule has 4 aliphatic rings. The fraction of sp³-hybridized carbons (Fsp3) is 0.567. The third-order valence-corrected chi connectivity index (χ3v) is 9.87. The van der Waals surface area contributed by atoms with Gasteiger partial charge in [-0.25, -0.2) is 0 Å². The largest absolute Gasteiger partial charge is 0.508 e. The molecule has 3 heterocycles. The smallest absolute Gasteiger partial charge is 0.231 e. The van der Waals surface area contributed by atoms with Crippen molar-refractivity contribution in [1.29, 1.82) is 0 Å². The average molecular weight is 474 g/mol. The number of para-hydroxylation sites is 1. The minimum Gasteiger partial charge on any atom is -0.508 e. The van der Waals surface area contributed by atoms with Crippen molar-refractivity contribution in [2.75, 3.05) is 38.1 Å². The SMILES string of the molecule is C[C@H]1C2Cc3ccc(O)cc3[C@@]1(CCN1CCC(N3C(=O)Cc4ccccc43)CC1)CCCN2C. The number of likely N-dealkylation sites (N-methyl/N-ethyl adjacent to an activating group) is 1. The number of likely N-dealkylation sites (tertiary alicyclic amines) is 2. The molecule has 2 bridgehead atoms. The molecule has 0 saturated carbocycles. The third kappa shape index (κ3) is 3.88. The van der Waals surface area contributed by atoms with Crippen molar-refractivity contribution in [1.82, 2.24) is 9.80 Å². The number of piperidine rings is 1. The molecule has 6 rings (SSSR count). The first kappa shape index (κ1) is 23.1. The van der Waals surface area contributed by atoms with Gasteiger partial charge >= 0.3 is 0 Å². The van der Waals surface area contributed by atoms with Gasteiger partial charge in [0.1, 0.15) is 5.75 Å². The highest BCUT2D eigenvalue weighted by Gasteiger charge is 2.48. The number of anilines is 1. The van der Waals surface area contributed by atoms with Crippen LogP contribution in [0.3, 0.4) is 0 Å². The van der Waals surface area contributed by atoms with Crippen LogP contribution in [0, 0.1) is 5.92 Å². The van der Waals surface area contributed by atoms with Crippen LogP contribution in [-0.4, -0.2) is 66.1 Å². The monoisotopic (exact) mass is 473 g/mol. The summed E-state index contributed by atoms with van der Waals surface area (Å²) in [5.74, 6) is 1.24. The first-order valence-corrected chi connectivity index (χ1v) is 13.6. The Morgan fingerprint density at radius 2 is 1.86 bits per heavy atom. The van der Waals surface area contributed by atoms with Crippen LogP contribution >= 0.6 is 0 Å². The Morgan fingerprint density at radius 1 is 1.06 bits per heavy atom. The summed E-state index contributed by atoms with van der Waals surface area (Å²) in [5.41, 5.74) is 5.29. The molecule has 1 amide bonds. The summed E-state index contributed by atoms with van der Waals surface area (Å²) in [6.45, 7) is 6.82. The van der Waals surface area contributed by atoms with E-state index in [1.807, 2.05) is 12.1 Å². The van der Waals surface area contributed by atoms with E-state index in [0.717, 1.165) is 57.5 Å². The van der Waals surface area contributed by atoms with E-state index in [9.17, 15) is 9.90 Å². The number of aromatic hydroxyl groups is 1. The van der Waals surface area contributed by atoms with E-state index in [0.29, 0.717) is 30.2 Å². The maximum atomic E-state index is 12.8. The van der Waals surface area contributed by atoms with Gasteiger partial charge in [0.25, 0.3) is 0 Å². The van der Waals surface area contributed by atoms with Crippen LogP contribution in [-0.2, 0) is 23.1 Å². The molecule has 3 aliphatic heterocycles. The van der Waals surface area contributed by atoms with E-state index >= 15 is 0 Å². The predicted octanol–water partition coefficient (Wildman–Crippen LogP) is 4.36. The molecule has 5 heteroatoms. The van der Waals surface area contributed by atoms with Gasteiger partial charge in [-0.15, -0.1) is 0 Å². The highest BCUT2D eigenvalue weighted by molar-refractivity contribution is 6.01. The minimum atomic E-state index is 0.127. The molecule has 35 heavy (non-hydrogen) atoms. The topological polar surface area (TPSA) is 47.0 Å². The van der Waals surface area contributed by atoms with Gasteiger partial charge in [0.05, 0.1) is 6.42 Å². The highest BCUT2D eigenvalue weighted by atomic mass is 16.3. The zero-order valence-electron chi connectivity index (χ0n) is 21.2. The molecule has 0 aromatic heterocycles. The van der Waals surface area contributed by atoms with Gasteiger partial charge in [-0.3, -0.25) is 4.79 Å². The molecule has 1 N–H and O–H groups in total. The Kier molecular flexibility index (Phi) is 5.89. The molecule has 2 saturated heterocycles. The summed E-state index contributed by atoms with van der Waals surface area (Å²) in [5, 5.41) is 10.4. The number of amides is 1. The van der Waals surface area contributed by atoms with Crippen LogP contribution in [0.15, 0.2) is 42.5 Å². The van der Waals surface area contributed by atoms with E-state index in [4.69, 9.17) is 0 Å². The number of benzene rings is 2. The Morgan fingerprint density at radius 3 is 2.69 bits per heavy atom. The summed E-state index contributed by atoms with van der Waals surface area (Å²) < 4.78 is 0. The highest BCUT2D eigenvalue weighted by Crippen LogP contribution is 2.51. The number of hydrogen-bond acceptors (Lipinski definition) is 4. The number of fused-ring (bicyclic) bond motifs is 5. The quantitative estimate of drug-likeness (QED) is 0.717. The van der Waals surface area contributed by atoms with Crippen LogP contribution in [0.4, 0.5) is 5.69 Å². The van der Waals surface area contributed by atoms with Gasteiger partial charge in [0, 0.05) is 36.3 Å². The molecule has 1 unspecified atom stereocenters. The lowest BCUT2D eigenvalue weighted by Crippen LogP contribution is -2.51. The Bertz CT molecular complexity index is 1110. The standard InChI is InChI=1S/C30H39N3O2/c1-21-28-18-22-8-9-25(34)20-26(22)30(21,12-5-14-31(28)2)13-17-32-15-10-24(11-16-32)33-27-7-4-3-6-23(27)19-29(33)35/h3-4,6-9,20-21,24,28,34H,5,10-19H2,1-2H3/t21-,28?,30+/m0/s1. The van der Waals surface area contributed by atoms with Crippen molar-refractivity contribution < 1.29 is 9.90 Å². The van der Waals surface area contributed by atoms with E-state index in [1.165, 1.54) is 29.5 Å². The second-order valence-corrected chi connectivity index (χ2v) is 11.5. The van der Waals surface area contributed by atoms with Crippen LogP contribution in [0.25, 0.3) is 0 Å². The summed E-state index contributed by atoms with van der Waals surface area (Å²) in [4.78, 5) is 20.1. The average Bonchev–Trinajstić information content (AvgIpc) is 3.17. The predicted molar refractivity (Wildman–Crippen MR) is 140 cm³/mol. The van der Waals surface area contributed by atoms with Crippen LogP contribution in [0.2, 0.25) is 0 Å². The zero-order valence-corrected chi connectivity index (χ0v) is 21.2. The van der Waals surface area contributed by atoms with Crippen LogP contribution in [0.5, 0.6) is 5.75 Å².